The molecule has 0 bridgehead atoms. The molecule has 1 aliphatic carbocycles. The molecule has 0 aromatic heterocycles. The van der Waals surface area contributed by atoms with Crippen LogP contribution in [0.2, 0.25) is 0 Å². The van der Waals surface area contributed by atoms with Crippen molar-refractivity contribution in [2.75, 3.05) is 0 Å². The summed E-state index contributed by atoms with van der Waals surface area (Å²) in [5.74, 6) is 0.853. The van der Waals surface area contributed by atoms with Gasteiger partial charge in [0.05, 0.1) is 11.3 Å². The fraction of sp³-hybridized carbons (Fsp3) is 0.714. The van der Waals surface area contributed by atoms with E-state index in [9.17, 15) is 0 Å². The molecule has 0 aromatic carbocycles. The summed E-state index contributed by atoms with van der Waals surface area (Å²) in [4.78, 5) is 12.3. The topological polar surface area (TPSA) is 28.0 Å². The SMILES string of the molecule is CC1=CC(C(C)(C)C)=C[C@]2(C)C1=NC(=NC(C)(C)C)N2C(C)(C)C. The van der Waals surface area contributed by atoms with E-state index in [1.165, 1.54) is 11.1 Å². The Labute approximate surface area is 148 Å². The second-order valence-corrected chi connectivity index (χ2v) is 10.4. The number of hydrogen-bond acceptors (Lipinski definition) is 1. The molecule has 0 N–H and O–H groups in total. The first-order valence-electron chi connectivity index (χ1n) is 8.97. The fourth-order valence-corrected chi connectivity index (χ4v) is 3.65. The molecule has 0 amide bonds. The number of allylic oxidation sites excluding steroid dienone is 2. The quantitative estimate of drug-likeness (QED) is 0.586. The van der Waals surface area contributed by atoms with Gasteiger partial charge < -0.3 is 4.90 Å². The molecule has 2 rings (SSSR count). The number of aliphatic imine (C=N–C) groups is 2. The normalized spacial score (nSPS) is 27.0. The van der Waals surface area contributed by atoms with Gasteiger partial charge in [0, 0.05) is 5.54 Å². The van der Waals surface area contributed by atoms with Gasteiger partial charge in [0.15, 0.2) is 0 Å². The van der Waals surface area contributed by atoms with E-state index in [4.69, 9.17) is 9.98 Å². The van der Waals surface area contributed by atoms with E-state index in [1.807, 2.05) is 0 Å². The van der Waals surface area contributed by atoms with Crippen molar-refractivity contribution in [3.05, 3.63) is 23.3 Å². The van der Waals surface area contributed by atoms with Crippen LogP contribution in [0.15, 0.2) is 33.3 Å². The van der Waals surface area contributed by atoms with Crippen LogP contribution in [-0.4, -0.2) is 33.2 Å². The van der Waals surface area contributed by atoms with Crippen molar-refractivity contribution in [1.82, 2.24) is 4.90 Å². The maximum absolute atomic E-state index is 4.99. The summed E-state index contributed by atoms with van der Waals surface area (Å²) in [6.45, 7) is 24.4. The molecule has 0 aromatic rings. The van der Waals surface area contributed by atoms with Gasteiger partial charge in [0.2, 0.25) is 5.96 Å². The van der Waals surface area contributed by atoms with Crippen LogP contribution in [0.4, 0.5) is 0 Å². The largest absolute Gasteiger partial charge is 0.322 e. The predicted octanol–water partition coefficient (Wildman–Crippen LogP) is 5.39. The number of fused-ring (bicyclic) bond motifs is 1. The lowest BCUT2D eigenvalue weighted by Crippen LogP contribution is -2.58. The monoisotopic (exact) mass is 329 g/mol. The van der Waals surface area contributed by atoms with Crippen LogP contribution in [0.1, 0.15) is 76.2 Å². The van der Waals surface area contributed by atoms with Gasteiger partial charge in [-0.1, -0.05) is 26.8 Å². The Morgan fingerprint density at radius 3 is 1.96 bits per heavy atom. The summed E-state index contributed by atoms with van der Waals surface area (Å²) in [7, 11) is 0. The number of nitrogens with zero attached hydrogens (tertiary/aromatic N) is 3. The van der Waals surface area contributed by atoms with Crippen LogP contribution in [0, 0.1) is 5.41 Å². The lowest BCUT2D eigenvalue weighted by atomic mass is 9.74. The molecule has 0 fully saturated rings. The minimum absolute atomic E-state index is 0.0683. The van der Waals surface area contributed by atoms with Gasteiger partial charge in [0.1, 0.15) is 5.54 Å². The maximum atomic E-state index is 4.99. The molecular formula is C21H35N3. The van der Waals surface area contributed by atoms with Crippen molar-refractivity contribution in [2.45, 2.75) is 92.8 Å². The van der Waals surface area contributed by atoms with Crippen LogP contribution >= 0.6 is 0 Å². The third kappa shape index (κ3) is 3.36. The first kappa shape index (κ1) is 19.0. The van der Waals surface area contributed by atoms with Crippen molar-refractivity contribution >= 4 is 11.7 Å². The molecule has 0 unspecified atom stereocenters. The van der Waals surface area contributed by atoms with E-state index in [2.05, 4.69) is 93.2 Å². The first-order chi connectivity index (χ1) is 10.6. The van der Waals surface area contributed by atoms with Gasteiger partial charge >= 0.3 is 0 Å². The van der Waals surface area contributed by atoms with E-state index in [-0.39, 0.29) is 22.0 Å². The van der Waals surface area contributed by atoms with E-state index in [0.29, 0.717) is 0 Å². The summed E-state index contributed by atoms with van der Waals surface area (Å²) in [6.07, 6.45) is 4.69. The molecule has 3 nitrogen and oxygen atoms in total. The Morgan fingerprint density at radius 1 is 1.00 bits per heavy atom. The minimum Gasteiger partial charge on any atom is -0.322 e. The number of hydrogen-bond donors (Lipinski definition) is 0. The van der Waals surface area contributed by atoms with Gasteiger partial charge in [-0.15, -0.1) is 0 Å². The molecule has 24 heavy (non-hydrogen) atoms. The molecule has 3 heteroatoms. The van der Waals surface area contributed by atoms with Gasteiger partial charge in [-0.3, -0.25) is 0 Å². The highest BCUT2D eigenvalue weighted by Gasteiger charge is 2.50. The second-order valence-electron chi connectivity index (χ2n) is 10.4. The molecule has 1 atom stereocenters. The maximum Gasteiger partial charge on any atom is 0.222 e. The van der Waals surface area contributed by atoms with Crippen molar-refractivity contribution in [2.24, 2.45) is 15.4 Å². The summed E-state index contributed by atoms with van der Waals surface area (Å²) in [5, 5.41) is 0. The summed E-state index contributed by atoms with van der Waals surface area (Å²) >= 11 is 0. The number of rotatable bonds is 0. The molecule has 0 spiro atoms. The smallest absolute Gasteiger partial charge is 0.222 e. The van der Waals surface area contributed by atoms with Crippen molar-refractivity contribution < 1.29 is 0 Å². The standard InChI is InChI=1S/C21H35N3/c1-14-12-15(18(2,3)4)13-21(11)16(14)22-17(23-19(5,6)7)24(21)20(8,9)10/h12-13H,1-11H3/t21-/m1/s1. The first-order valence-corrected chi connectivity index (χ1v) is 8.97. The molecule has 0 saturated heterocycles. The van der Waals surface area contributed by atoms with Crippen molar-refractivity contribution in [1.29, 1.82) is 0 Å². The van der Waals surface area contributed by atoms with Gasteiger partial charge in [-0.2, -0.15) is 0 Å². The molecule has 0 saturated carbocycles. The van der Waals surface area contributed by atoms with E-state index in [1.54, 1.807) is 0 Å². The highest BCUT2D eigenvalue weighted by atomic mass is 15.4. The van der Waals surface area contributed by atoms with Crippen molar-refractivity contribution in [3.63, 3.8) is 0 Å². The Hall–Kier alpha value is -1.38. The highest BCUT2D eigenvalue weighted by Crippen LogP contribution is 2.43. The Balaban J connectivity index is 2.71. The lowest BCUT2D eigenvalue weighted by molar-refractivity contribution is 0.180. The van der Waals surface area contributed by atoms with E-state index < -0.39 is 0 Å². The highest BCUT2D eigenvalue weighted by molar-refractivity contribution is 6.19. The van der Waals surface area contributed by atoms with Gasteiger partial charge in [0.25, 0.3) is 0 Å². The third-order valence-electron chi connectivity index (χ3n) is 4.51. The zero-order valence-electron chi connectivity index (χ0n) is 17.5. The predicted molar refractivity (Wildman–Crippen MR) is 106 cm³/mol. The average Bonchev–Trinajstić information content (AvgIpc) is 2.57. The summed E-state index contributed by atoms with van der Waals surface area (Å²) < 4.78 is 0. The zero-order valence-corrected chi connectivity index (χ0v) is 17.5. The molecule has 1 aliphatic heterocycles. The second kappa shape index (κ2) is 5.31. The lowest BCUT2D eigenvalue weighted by Gasteiger charge is -2.46. The molecule has 1 heterocycles. The molecule has 134 valence electrons. The summed E-state index contributed by atoms with van der Waals surface area (Å²) in [6, 6.07) is 0. The van der Waals surface area contributed by atoms with Crippen molar-refractivity contribution in [3.8, 4) is 0 Å². The molecular weight excluding hydrogens is 294 g/mol. The van der Waals surface area contributed by atoms with Crippen LogP contribution in [-0.2, 0) is 0 Å². The van der Waals surface area contributed by atoms with Gasteiger partial charge in [-0.05, 0) is 78.0 Å². The Morgan fingerprint density at radius 2 is 1.54 bits per heavy atom. The zero-order chi connectivity index (χ0) is 18.7. The average molecular weight is 330 g/mol. The third-order valence-corrected chi connectivity index (χ3v) is 4.51. The minimum atomic E-state index is -0.246. The Kier molecular flexibility index (Phi) is 4.19. The molecule has 2 aliphatic rings. The summed E-state index contributed by atoms with van der Waals surface area (Å²) in [5.41, 5.74) is 3.40. The van der Waals surface area contributed by atoms with Gasteiger partial charge in [-0.25, -0.2) is 9.98 Å². The van der Waals surface area contributed by atoms with Crippen LogP contribution in [0.25, 0.3) is 0 Å². The van der Waals surface area contributed by atoms with Crippen LogP contribution in [0.5, 0.6) is 0 Å². The Bertz CT molecular complexity index is 655. The fourth-order valence-electron chi connectivity index (χ4n) is 3.65. The van der Waals surface area contributed by atoms with E-state index in [0.717, 1.165) is 11.7 Å². The van der Waals surface area contributed by atoms with E-state index >= 15 is 0 Å². The van der Waals surface area contributed by atoms with Crippen LogP contribution < -0.4 is 0 Å². The molecule has 0 radical (unpaired) electrons. The van der Waals surface area contributed by atoms with Crippen LogP contribution in [0.3, 0.4) is 0 Å². The number of guanidine groups is 1.